The highest BCUT2D eigenvalue weighted by molar-refractivity contribution is 6.01. The van der Waals surface area contributed by atoms with Crippen molar-refractivity contribution in [3.63, 3.8) is 0 Å². The van der Waals surface area contributed by atoms with E-state index in [0.717, 1.165) is 11.1 Å². The van der Waals surface area contributed by atoms with Gasteiger partial charge in [-0.1, -0.05) is 48.5 Å². The number of carbonyl (C=O) groups excluding carboxylic acids is 2. The monoisotopic (exact) mass is 375 g/mol. The zero-order valence-electron chi connectivity index (χ0n) is 15.4. The van der Waals surface area contributed by atoms with Gasteiger partial charge in [0.05, 0.1) is 6.10 Å². The molecule has 0 aliphatic carbocycles. The molecule has 0 aliphatic heterocycles. The van der Waals surface area contributed by atoms with Crippen LogP contribution in [0.1, 0.15) is 17.3 Å². The van der Waals surface area contributed by atoms with E-state index in [1.165, 1.54) is 6.92 Å². The van der Waals surface area contributed by atoms with Crippen LogP contribution in [0, 0.1) is 0 Å². The number of amides is 2. The van der Waals surface area contributed by atoms with Gasteiger partial charge in [0.2, 0.25) is 0 Å². The molecule has 6 heteroatoms. The quantitative estimate of drug-likeness (QED) is 0.618. The van der Waals surface area contributed by atoms with Crippen LogP contribution in [0.2, 0.25) is 0 Å². The Morgan fingerprint density at radius 1 is 0.893 bits per heavy atom. The Labute approximate surface area is 163 Å². The third-order valence-corrected chi connectivity index (χ3v) is 4.22. The van der Waals surface area contributed by atoms with Crippen LogP contribution in [0.15, 0.2) is 79.0 Å². The number of carbonyl (C=O) groups is 2. The summed E-state index contributed by atoms with van der Waals surface area (Å²) in [5.74, 6) is -0.635. The molecule has 0 fully saturated rings. The summed E-state index contributed by atoms with van der Waals surface area (Å²) in [4.78, 5) is 29.0. The number of aliphatic hydroxyl groups is 1. The van der Waals surface area contributed by atoms with E-state index in [-0.39, 0.29) is 0 Å². The minimum absolute atomic E-state index is 0.347. The lowest BCUT2D eigenvalue weighted by Crippen LogP contribution is -2.50. The minimum atomic E-state index is -1.11. The summed E-state index contributed by atoms with van der Waals surface area (Å²) < 4.78 is 0. The Morgan fingerprint density at radius 3 is 2.14 bits per heavy atom. The molecule has 28 heavy (non-hydrogen) atoms. The number of aromatic nitrogens is 1. The number of hydrogen-bond acceptors (Lipinski definition) is 4. The second-order valence-corrected chi connectivity index (χ2v) is 6.34. The molecule has 0 bridgehead atoms. The summed E-state index contributed by atoms with van der Waals surface area (Å²) in [7, 11) is 0. The van der Waals surface area contributed by atoms with Crippen LogP contribution in [-0.2, 0) is 4.79 Å². The lowest BCUT2D eigenvalue weighted by atomic mass is 10.0. The topological polar surface area (TPSA) is 91.3 Å². The zero-order valence-corrected chi connectivity index (χ0v) is 15.4. The molecule has 0 unspecified atom stereocenters. The van der Waals surface area contributed by atoms with Crippen molar-refractivity contribution in [2.45, 2.75) is 19.1 Å². The van der Waals surface area contributed by atoms with Crippen LogP contribution in [-0.4, -0.2) is 34.1 Å². The van der Waals surface area contributed by atoms with Gasteiger partial charge in [0.15, 0.2) is 0 Å². The Balaban J connectivity index is 1.69. The van der Waals surface area contributed by atoms with Crippen LogP contribution in [0.25, 0.3) is 11.1 Å². The van der Waals surface area contributed by atoms with E-state index in [1.54, 1.807) is 36.5 Å². The first-order valence-corrected chi connectivity index (χ1v) is 8.91. The summed E-state index contributed by atoms with van der Waals surface area (Å²) in [6.45, 7) is 1.45. The molecule has 6 nitrogen and oxygen atoms in total. The highest BCUT2D eigenvalue weighted by atomic mass is 16.3. The fraction of sp³-hybridized carbons (Fsp3) is 0.136. The van der Waals surface area contributed by atoms with Crippen molar-refractivity contribution >= 4 is 17.6 Å². The van der Waals surface area contributed by atoms with Gasteiger partial charge in [0.1, 0.15) is 11.9 Å². The Kier molecular flexibility index (Phi) is 6.14. The third kappa shape index (κ3) is 4.81. The van der Waals surface area contributed by atoms with Gasteiger partial charge in [0.25, 0.3) is 11.8 Å². The molecule has 2 amide bonds. The van der Waals surface area contributed by atoms with E-state index in [4.69, 9.17) is 0 Å². The van der Waals surface area contributed by atoms with Crippen LogP contribution < -0.4 is 10.6 Å². The Bertz CT molecular complexity index is 926. The van der Waals surface area contributed by atoms with E-state index in [1.807, 2.05) is 42.5 Å². The number of benzene rings is 2. The van der Waals surface area contributed by atoms with E-state index < -0.39 is 24.0 Å². The first-order chi connectivity index (χ1) is 13.5. The zero-order chi connectivity index (χ0) is 19.9. The maximum atomic E-state index is 12.5. The average Bonchev–Trinajstić information content (AvgIpc) is 2.73. The SMILES string of the molecule is C[C@@H](O)[C@H](NC(=O)c1ccc(-c2ccccc2)cc1)C(=O)Nc1ccccn1. The van der Waals surface area contributed by atoms with Crippen molar-refractivity contribution in [1.82, 2.24) is 10.3 Å². The molecule has 0 aliphatic rings. The standard InChI is InChI=1S/C22H21N3O3/c1-15(26)20(22(28)24-19-9-5-6-14-23-19)25-21(27)18-12-10-17(11-13-18)16-7-3-2-4-8-16/h2-15,20,26H,1H3,(H,25,27)(H,23,24,28)/t15-,20+/m1/s1. The van der Waals surface area contributed by atoms with Crippen LogP contribution in [0.4, 0.5) is 5.82 Å². The largest absolute Gasteiger partial charge is 0.391 e. The minimum Gasteiger partial charge on any atom is -0.391 e. The number of hydrogen-bond donors (Lipinski definition) is 3. The predicted molar refractivity (Wildman–Crippen MR) is 108 cm³/mol. The van der Waals surface area contributed by atoms with Crippen LogP contribution in [0.5, 0.6) is 0 Å². The van der Waals surface area contributed by atoms with E-state index in [0.29, 0.717) is 11.4 Å². The molecular formula is C22H21N3O3. The first kappa shape index (κ1) is 19.3. The highest BCUT2D eigenvalue weighted by Crippen LogP contribution is 2.19. The number of rotatable bonds is 6. The average molecular weight is 375 g/mol. The number of nitrogens with zero attached hydrogens (tertiary/aromatic N) is 1. The summed E-state index contributed by atoms with van der Waals surface area (Å²) in [5.41, 5.74) is 2.43. The molecule has 3 aromatic rings. The van der Waals surface area contributed by atoms with Gasteiger partial charge in [-0.3, -0.25) is 9.59 Å². The van der Waals surface area contributed by atoms with Crippen molar-refractivity contribution in [1.29, 1.82) is 0 Å². The van der Waals surface area contributed by atoms with Crippen LogP contribution in [0.3, 0.4) is 0 Å². The Morgan fingerprint density at radius 2 is 1.54 bits per heavy atom. The number of aliphatic hydroxyl groups excluding tert-OH is 1. The second kappa shape index (κ2) is 8.92. The fourth-order valence-corrected chi connectivity index (χ4v) is 2.72. The second-order valence-electron chi connectivity index (χ2n) is 6.34. The molecule has 1 heterocycles. The van der Waals surface area contributed by atoms with Gasteiger partial charge in [-0.25, -0.2) is 4.98 Å². The van der Waals surface area contributed by atoms with Gasteiger partial charge in [0, 0.05) is 11.8 Å². The van der Waals surface area contributed by atoms with Crippen molar-refractivity contribution in [2.24, 2.45) is 0 Å². The number of pyridine rings is 1. The smallest absolute Gasteiger partial charge is 0.252 e. The Hall–Kier alpha value is -3.51. The van der Waals surface area contributed by atoms with Crippen molar-refractivity contribution in [2.75, 3.05) is 5.32 Å². The molecule has 0 radical (unpaired) electrons. The third-order valence-electron chi connectivity index (χ3n) is 4.22. The lowest BCUT2D eigenvalue weighted by Gasteiger charge is -2.20. The van der Waals surface area contributed by atoms with Crippen molar-refractivity contribution < 1.29 is 14.7 Å². The summed E-state index contributed by atoms with van der Waals surface area (Å²) >= 11 is 0. The molecule has 3 N–H and O–H groups in total. The molecule has 142 valence electrons. The van der Waals surface area contributed by atoms with Crippen molar-refractivity contribution in [3.8, 4) is 11.1 Å². The maximum absolute atomic E-state index is 12.5. The van der Waals surface area contributed by atoms with Gasteiger partial charge in [-0.2, -0.15) is 0 Å². The van der Waals surface area contributed by atoms with E-state index in [9.17, 15) is 14.7 Å². The molecule has 2 aromatic carbocycles. The van der Waals surface area contributed by atoms with Gasteiger partial charge >= 0.3 is 0 Å². The number of anilines is 1. The predicted octanol–water partition coefficient (Wildman–Crippen LogP) is 2.87. The molecule has 0 saturated heterocycles. The van der Waals surface area contributed by atoms with Crippen molar-refractivity contribution in [3.05, 3.63) is 84.6 Å². The first-order valence-electron chi connectivity index (χ1n) is 8.91. The maximum Gasteiger partial charge on any atom is 0.252 e. The van der Waals surface area contributed by atoms with Crippen LogP contribution >= 0.6 is 0 Å². The summed E-state index contributed by atoms with van der Waals surface area (Å²) in [6.07, 6.45) is 0.469. The summed E-state index contributed by atoms with van der Waals surface area (Å²) in [5, 5.41) is 15.1. The molecule has 2 atom stereocenters. The normalized spacial score (nSPS) is 12.6. The van der Waals surface area contributed by atoms with Gasteiger partial charge in [-0.05, 0) is 42.3 Å². The summed E-state index contributed by atoms with van der Waals surface area (Å²) in [6, 6.07) is 20.8. The molecule has 3 rings (SSSR count). The number of nitrogens with one attached hydrogen (secondary N) is 2. The highest BCUT2D eigenvalue weighted by Gasteiger charge is 2.26. The van der Waals surface area contributed by atoms with Gasteiger partial charge in [-0.15, -0.1) is 0 Å². The van der Waals surface area contributed by atoms with E-state index in [2.05, 4.69) is 15.6 Å². The molecule has 0 spiro atoms. The molecule has 1 aromatic heterocycles. The molecular weight excluding hydrogens is 354 g/mol. The lowest BCUT2D eigenvalue weighted by molar-refractivity contribution is -0.120. The van der Waals surface area contributed by atoms with E-state index >= 15 is 0 Å². The van der Waals surface area contributed by atoms with Gasteiger partial charge < -0.3 is 15.7 Å². The fourth-order valence-electron chi connectivity index (χ4n) is 2.72. The molecule has 0 saturated carbocycles.